The predicted molar refractivity (Wildman–Crippen MR) is 65.3 cm³/mol. The van der Waals surface area contributed by atoms with E-state index in [0.29, 0.717) is 11.8 Å². The van der Waals surface area contributed by atoms with Gasteiger partial charge in [0.15, 0.2) is 0 Å². The lowest BCUT2D eigenvalue weighted by atomic mass is 10.3. The standard InChI is InChI=1S/C11H13N5/c1-7-6-10(13)16-11(14-7)15-9-4-2-8(12)3-5-9/h2-6H,12H2,1H3,(H3,13,14,15,16). The van der Waals surface area contributed by atoms with Gasteiger partial charge in [-0.1, -0.05) is 0 Å². The highest BCUT2D eigenvalue weighted by Gasteiger charge is 2.00. The van der Waals surface area contributed by atoms with Gasteiger partial charge in [0.1, 0.15) is 5.82 Å². The minimum Gasteiger partial charge on any atom is -0.399 e. The number of aromatic nitrogens is 2. The van der Waals surface area contributed by atoms with Crippen LogP contribution in [0.1, 0.15) is 5.69 Å². The van der Waals surface area contributed by atoms with E-state index in [2.05, 4.69) is 15.3 Å². The molecule has 2 rings (SSSR count). The van der Waals surface area contributed by atoms with Gasteiger partial charge in [0.05, 0.1) is 0 Å². The topological polar surface area (TPSA) is 89.8 Å². The molecule has 5 nitrogen and oxygen atoms in total. The van der Waals surface area contributed by atoms with Crippen molar-refractivity contribution in [3.63, 3.8) is 0 Å². The summed E-state index contributed by atoms with van der Waals surface area (Å²) >= 11 is 0. The van der Waals surface area contributed by atoms with E-state index in [1.54, 1.807) is 6.07 Å². The Bertz CT molecular complexity index is 472. The zero-order chi connectivity index (χ0) is 11.5. The average Bonchev–Trinajstić information content (AvgIpc) is 2.20. The Balaban J connectivity index is 2.23. The molecule has 0 aliphatic carbocycles. The molecule has 0 amide bonds. The fraction of sp³-hybridized carbons (Fsp3) is 0.0909. The number of benzene rings is 1. The fourth-order valence-electron chi connectivity index (χ4n) is 1.34. The molecule has 0 atom stereocenters. The van der Waals surface area contributed by atoms with Gasteiger partial charge in [-0.25, -0.2) is 4.98 Å². The van der Waals surface area contributed by atoms with Gasteiger partial charge in [-0.05, 0) is 31.2 Å². The van der Waals surface area contributed by atoms with E-state index in [-0.39, 0.29) is 0 Å². The minimum absolute atomic E-state index is 0.449. The van der Waals surface area contributed by atoms with Crippen molar-refractivity contribution in [2.75, 3.05) is 16.8 Å². The molecule has 0 bridgehead atoms. The molecule has 16 heavy (non-hydrogen) atoms. The SMILES string of the molecule is Cc1cc(N)nc(Nc2ccc(N)cc2)n1. The third-order valence-corrected chi connectivity index (χ3v) is 2.04. The lowest BCUT2D eigenvalue weighted by molar-refractivity contribution is 1.11. The number of hydrogen-bond donors (Lipinski definition) is 3. The van der Waals surface area contributed by atoms with Crippen molar-refractivity contribution in [2.24, 2.45) is 0 Å². The van der Waals surface area contributed by atoms with Gasteiger partial charge < -0.3 is 16.8 Å². The first-order valence-electron chi connectivity index (χ1n) is 4.87. The van der Waals surface area contributed by atoms with Gasteiger partial charge >= 0.3 is 0 Å². The molecular weight excluding hydrogens is 202 g/mol. The van der Waals surface area contributed by atoms with Gasteiger partial charge in [0.25, 0.3) is 0 Å². The van der Waals surface area contributed by atoms with Crippen LogP contribution in [-0.2, 0) is 0 Å². The van der Waals surface area contributed by atoms with Crippen LogP contribution < -0.4 is 16.8 Å². The number of nitrogens with zero attached hydrogens (tertiary/aromatic N) is 2. The van der Waals surface area contributed by atoms with Crippen LogP contribution in [0.4, 0.5) is 23.1 Å². The van der Waals surface area contributed by atoms with E-state index in [4.69, 9.17) is 11.5 Å². The average molecular weight is 215 g/mol. The zero-order valence-electron chi connectivity index (χ0n) is 8.94. The van der Waals surface area contributed by atoms with Gasteiger partial charge in [-0.3, -0.25) is 0 Å². The summed E-state index contributed by atoms with van der Waals surface area (Å²) in [5.74, 6) is 0.938. The first kappa shape index (κ1) is 10.2. The van der Waals surface area contributed by atoms with Crippen LogP contribution in [0.15, 0.2) is 30.3 Å². The molecule has 0 unspecified atom stereocenters. The second kappa shape index (κ2) is 4.06. The quantitative estimate of drug-likeness (QED) is 0.663. The second-order valence-electron chi connectivity index (χ2n) is 3.50. The van der Waals surface area contributed by atoms with E-state index >= 15 is 0 Å². The zero-order valence-corrected chi connectivity index (χ0v) is 8.94. The maximum absolute atomic E-state index is 5.63. The number of rotatable bonds is 2. The fourth-order valence-corrected chi connectivity index (χ4v) is 1.34. The Morgan fingerprint density at radius 3 is 2.38 bits per heavy atom. The Labute approximate surface area is 93.5 Å². The molecule has 0 aliphatic heterocycles. The number of hydrogen-bond acceptors (Lipinski definition) is 5. The van der Waals surface area contributed by atoms with Crippen molar-refractivity contribution < 1.29 is 0 Å². The molecule has 0 aliphatic rings. The Kier molecular flexibility index (Phi) is 2.59. The summed E-state index contributed by atoms with van der Waals surface area (Å²) in [4.78, 5) is 8.29. The molecule has 1 aromatic heterocycles. The summed E-state index contributed by atoms with van der Waals surface area (Å²) in [7, 11) is 0. The lowest BCUT2D eigenvalue weighted by Crippen LogP contribution is -2.01. The lowest BCUT2D eigenvalue weighted by Gasteiger charge is -2.06. The first-order chi connectivity index (χ1) is 7.63. The van der Waals surface area contributed by atoms with E-state index in [1.165, 1.54) is 0 Å². The molecule has 1 aromatic carbocycles. The number of nitrogens with two attached hydrogens (primary N) is 2. The molecule has 5 heteroatoms. The monoisotopic (exact) mass is 215 g/mol. The molecule has 0 saturated heterocycles. The van der Waals surface area contributed by atoms with Crippen LogP contribution in [0.25, 0.3) is 0 Å². The Morgan fingerprint density at radius 2 is 1.75 bits per heavy atom. The number of nitrogen functional groups attached to an aromatic ring is 2. The number of anilines is 4. The van der Waals surface area contributed by atoms with Crippen molar-refractivity contribution in [1.29, 1.82) is 0 Å². The highest BCUT2D eigenvalue weighted by atomic mass is 15.1. The third kappa shape index (κ3) is 2.38. The molecular formula is C11H13N5. The Morgan fingerprint density at radius 1 is 1.06 bits per heavy atom. The predicted octanol–water partition coefficient (Wildman–Crippen LogP) is 1.69. The maximum atomic E-state index is 5.63. The molecule has 0 fully saturated rings. The summed E-state index contributed by atoms with van der Waals surface area (Å²) in [5.41, 5.74) is 13.6. The van der Waals surface area contributed by atoms with Crippen molar-refractivity contribution in [3.05, 3.63) is 36.0 Å². The number of nitrogens with one attached hydrogen (secondary N) is 1. The molecule has 0 spiro atoms. The molecule has 82 valence electrons. The van der Waals surface area contributed by atoms with Gasteiger partial charge in [0, 0.05) is 23.1 Å². The smallest absolute Gasteiger partial charge is 0.229 e. The largest absolute Gasteiger partial charge is 0.399 e. The summed E-state index contributed by atoms with van der Waals surface area (Å²) in [6.45, 7) is 1.87. The second-order valence-corrected chi connectivity index (χ2v) is 3.50. The van der Waals surface area contributed by atoms with E-state index in [0.717, 1.165) is 17.1 Å². The highest BCUT2D eigenvalue weighted by Crippen LogP contribution is 2.15. The maximum Gasteiger partial charge on any atom is 0.229 e. The van der Waals surface area contributed by atoms with Crippen LogP contribution in [0.3, 0.4) is 0 Å². The minimum atomic E-state index is 0.449. The highest BCUT2D eigenvalue weighted by molar-refractivity contribution is 5.58. The van der Waals surface area contributed by atoms with Crippen LogP contribution in [0.2, 0.25) is 0 Å². The van der Waals surface area contributed by atoms with Crippen LogP contribution in [0, 0.1) is 6.92 Å². The molecule has 0 saturated carbocycles. The molecule has 2 aromatic rings. The van der Waals surface area contributed by atoms with Gasteiger partial charge in [0.2, 0.25) is 5.95 Å². The van der Waals surface area contributed by atoms with Gasteiger partial charge in [-0.2, -0.15) is 4.98 Å². The van der Waals surface area contributed by atoms with Crippen molar-refractivity contribution in [1.82, 2.24) is 9.97 Å². The summed E-state index contributed by atoms with van der Waals surface area (Å²) in [5, 5.41) is 3.06. The Hall–Kier alpha value is -2.30. The van der Waals surface area contributed by atoms with Crippen molar-refractivity contribution in [2.45, 2.75) is 6.92 Å². The van der Waals surface area contributed by atoms with Gasteiger partial charge in [-0.15, -0.1) is 0 Å². The van der Waals surface area contributed by atoms with E-state index < -0.39 is 0 Å². The normalized spacial score (nSPS) is 10.1. The van der Waals surface area contributed by atoms with Crippen molar-refractivity contribution >= 4 is 23.1 Å². The third-order valence-electron chi connectivity index (χ3n) is 2.04. The summed E-state index contributed by atoms with van der Waals surface area (Å²) in [6.07, 6.45) is 0. The van der Waals surface area contributed by atoms with Crippen LogP contribution >= 0.6 is 0 Å². The summed E-state index contributed by atoms with van der Waals surface area (Å²) in [6, 6.07) is 9.05. The van der Waals surface area contributed by atoms with Crippen LogP contribution in [-0.4, -0.2) is 9.97 Å². The summed E-state index contributed by atoms with van der Waals surface area (Å²) < 4.78 is 0. The number of aryl methyl sites for hydroxylation is 1. The molecule has 1 heterocycles. The van der Waals surface area contributed by atoms with Crippen molar-refractivity contribution in [3.8, 4) is 0 Å². The van der Waals surface area contributed by atoms with Crippen LogP contribution in [0.5, 0.6) is 0 Å². The molecule has 0 radical (unpaired) electrons. The van der Waals surface area contributed by atoms with E-state index in [1.807, 2.05) is 31.2 Å². The van der Waals surface area contributed by atoms with E-state index in [9.17, 15) is 0 Å². The first-order valence-corrected chi connectivity index (χ1v) is 4.87. The molecule has 5 N–H and O–H groups in total.